The number of amides is 1. The summed E-state index contributed by atoms with van der Waals surface area (Å²) in [6.07, 6.45) is 0. The highest BCUT2D eigenvalue weighted by Crippen LogP contribution is 2.38. The Kier molecular flexibility index (Phi) is 3.21. The van der Waals surface area contributed by atoms with Gasteiger partial charge in [0.05, 0.1) is 13.2 Å². The normalized spacial score (nSPS) is 17.9. The van der Waals surface area contributed by atoms with Gasteiger partial charge in [-0.1, -0.05) is 32.9 Å². The molecule has 1 aliphatic heterocycles. The summed E-state index contributed by atoms with van der Waals surface area (Å²) >= 11 is 0. The van der Waals surface area contributed by atoms with Crippen LogP contribution < -0.4 is 5.73 Å². The molecule has 1 fully saturated rings. The van der Waals surface area contributed by atoms with Gasteiger partial charge in [-0.05, 0) is 41.5 Å². The van der Waals surface area contributed by atoms with Crippen molar-refractivity contribution in [3.63, 3.8) is 0 Å². The van der Waals surface area contributed by atoms with Crippen molar-refractivity contribution in [2.45, 2.75) is 45.4 Å². The summed E-state index contributed by atoms with van der Waals surface area (Å²) in [5.74, 6) is -0.284. The molecule has 0 saturated carbocycles. The zero-order valence-corrected chi connectivity index (χ0v) is 12.5. The van der Waals surface area contributed by atoms with Crippen LogP contribution in [-0.4, -0.2) is 19.1 Å². The lowest BCUT2D eigenvalue weighted by Gasteiger charge is -2.41. The van der Waals surface area contributed by atoms with Crippen LogP contribution in [0.1, 0.15) is 43.0 Å². The number of hydrogen-bond donors (Lipinski definition) is 1. The summed E-state index contributed by atoms with van der Waals surface area (Å²) in [7, 11) is 0. The molecule has 0 bridgehead atoms. The van der Waals surface area contributed by atoms with E-state index < -0.39 is 5.41 Å². The Balaban J connectivity index is 2.58. The van der Waals surface area contributed by atoms with Crippen molar-refractivity contribution in [1.29, 1.82) is 0 Å². The van der Waals surface area contributed by atoms with Crippen molar-refractivity contribution in [1.82, 2.24) is 0 Å². The van der Waals surface area contributed by atoms with E-state index in [1.54, 1.807) is 0 Å². The molecule has 1 aromatic carbocycles. The van der Waals surface area contributed by atoms with E-state index in [4.69, 9.17) is 10.5 Å². The van der Waals surface area contributed by atoms with Gasteiger partial charge in [-0.3, -0.25) is 4.79 Å². The van der Waals surface area contributed by atoms with E-state index in [-0.39, 0.29) is 11.3 Å². The summed E-state index contributed by atoms with van der Waals surface area (Å²) < 4.78 is 5.26. The minimum Gasteiger partial charge on any atom is -0.378 e. The number of nitrogens with two attached hydrogens (primary N) is 1. The second kappa shape index (κ2) is 4.34. The predicted octanol–water partition coefficient (Wildman–Crippen LogP) is 2.35. The van der Waals surface area contributed by atoms with E-state index in [9.17, 15) is 4.79 Å². The molecule has 0 aromatic heterocycles. The predicted molar refractivity (Wildman–Crippen MR) is 76.3 cm³/mol. The third kappa shape index (κ3) is 2.16. The number of carbonyl (C=O) groups excluding carboxylic acids is 1. The molecule has 0 radical (unpaired) electrons. The lowest BCUT2D eigenvalue weighted by molar-refractivity contribution is -0.141. The lowest BCUT2D eigenvalue weighted by Crippen LogP contribution is -2.56. The number of carbonyl (C=O) groups is 1. The Morgan fingerprint density at radius 2 is 1.68 bits per heavy atom. The first kappa shape index (κ1) is 14.1. The van der Waals surface area contributed by atoms with E-state index in [1.807, 2.05) is 0 Å². The second-order valence-electron chi connectivity index (χ2n) is 6.67. The summed E-state index contributed by atoms with van der Waals surface area (Å²) in [6, 6.07) is 4.34. The zero-order chi connectivity index (χ0) is 14.4. The van der Waals surface area contributed by atoms with Gasteiger partial charge in [0.1, 0.15) is 5.41 Å². The molecular weight excluding hydrogens is 238 g/mol. The van der Waals surface area contributed by atoms with E-state index in [0.29, 0.717) is 13.2 Å². The number of primary amides is 1. The molecule has 1 heterocycles. The first-order valence-electron chi connectivity index (χ1n) is 6.68. The van der Waals surface area contributed by atoms with Gasteiger partial charge < -0.3 is 10.5 Å². The molecule has 3 nitrogen and oxygen atoms in total. The van der Waals surface area contributed by atoms with Crippen molar-refractivity contribution in [2.24, 2.45) is 5.73 Å². The Morgan fingerprint density at radius 3 is 1.95 bits per heavy atom. The van der Waals surface area contributed by atoms with Gasteiger partial charge in [0, 0.05) is 0 Å². The topological polar surface area (TPSA) is 52.3 Å². The van der Waals surface area contributed by atoms with Crippen LogP contribution in [-0.2, 0) is 20.4 Å². The molecule has 1 amide bonds. The monoisotopic (exact) mass is 261 g/mol. The van der Waals surface area contributed by atoms with Crippen molar-refractivity contribution in [3.8, 4) is 0 Å². The van der Waals surface area contributed by atoms with Crippen molar-refractivity contribution >= 4 is 5.91 Å². The van der Waals surface area contributed by atoms with Crippen LogP contribution in [0, 0.1) is 13.8 Å². The highest BCUT2D eigenvalue weighted by molar-refractivity contribution is 5.89. The van der Waals surface area contributed by atoms with Crippen LogP contribution in [0.25, 0.3) is 0 Å². The first-order chi connectivity index (χ1) is 8.68. The SMILES string of the molecule is Cc1cc(C(C)(C)C)cc(C)c1C1(C(N)=O)COC1. The molecule has 2 N–H and O–H groups in total. The highest BCUT2D eigenvalue weighted by Gasteiger charge is 2.47. The third-order valence-corrected chi connectivity index (χ3v) is 4.05. The summed E-state index contributed by atoms with van der Waals surface area (Å²) in [5, 5.41) is 0. The van der Waals surface area contributed by atoms with Crippen LogP contribution in [0.3, 0.4) is 0 Å². The Bertz CT molecular complexity index is 499. The summed E-state index contributed by atoms with van der Waals surface area (Å²) in [5.41, 5.74) is 9.69. The van der Waals surface area contributed by atoms with E-state index >= 15 is 0 Å². The fourth-order valence-corrected chi connectivity index (χ4v) is 2.87. The van der Waals surface area contributed by atoms with Gasteiger partial charge in [0.25, 0.3) is 0 Å². The maximum atomic E-state index is 11.8. The van der Waals surface area contributed by atoms with Gasteiger partial charge in [-0.15, -0.1) is 0 Å². The van der Waals surface area contributed by atoms with Crippen LogP contribution in [0.4, 0.5) is 0 Å². The van der Waals surface area contributed by atoms with Gasteiger partial charge in [0.2, 0.25) is 5.91 Å². The average molecular weight is 261 g/mol. The molecule has 0 aliphatic carbocycles. The van der Waals surface area contributed by atoms with Gasteiger partial charge in [0.15, 0.2) is 0 Å². The number of ether oxygens (including phenoxy) is 1. The largest absolute Gasteiger partial charge is 0.378 e. The second-order valence-corrected chi connectivity index (χ2v) is 6.67. The van der Waals surface area contributed by atoms with Crippen molar-refractivity contribution in [3.05, 3.63) is 34.4 Å². The van der Waals surface area contributed by atoms with Crippen molar-refractivity contribution in [2.75, 3.05) is 13.2 Å². The standard InChI is InChI=1S/C16H23NO2/c1-10-6-12(15(3,4)5)7-11(2)13(10)16(14(17)18)8-19-9-16/h6-7H,8-9H2,1-5H3,(H2,17,18). The van der Waals surface area contributed by atoms with Gasteiger partial charge >= 0.3 is 0 Å². The quantitative estimate of drug-likeness (QED) is 0.888. The minimum atomic E-state index is -0.620. The Hall–Kier alpha value is -1.35. The van der Waals surface area contributed by atoms with E-state index in [1.165, 1.54) is 5.56 Å². The van der Waals surface area contributed by atoms with Gasteiger partial charge in [-0.2, -0.15) is 0 Å². The molecular formula is C16H23NO2. The maximum Gasteiger partial charge on any atom is 0.232 e. The zero-order valence-electron chi connectivity index (χ0n) is 12.5. The number of hydrogen-bond acceptors (Lipinski definition) is 2. The molecule has 1 aromatic rings. The smallest absolute Gasteiger partial charge is 0.232 e. The molecule has 0 atom stereocenters. The van der Waals surface area contributed by atoms with Gasteiger partial charge in [-0.25, -0.2) is 0 Å². The molecule has 1 saturated heterocycles. The van der Waals surface area contributed by atoms with E-state index in [2.05, 4.69) is 46.8 Å². The molecule has 104 valence electrons. The molecule has 3 heteroatoms. The average Bonchev–Trinajstić information content (AvgIpc) is 2.18. The number of benzene rings is 1. The number of rotatable bonds is 2. The lowest BCUT2D eigenvalue weighted by atomic mass is 9.72. The maximum absolute atomic E-state index is 11.8. The highest BCUT2D eigenvalue weighted by atomic mass is 16.5. The molecule has 0 spiro atoms. The van der Waals surface area contributed by atoms with Crippen LogP contribution in [0.5, 0.6) is 0 Å². The van der Waals surface area contributed by atoms with Crippen LogP contribution in [0.2, 0.25) is 0 Å². The Morgan fingerprint density at radius 1 is 1.21 bits per heavy atom. The number of aryl methyl sites for hydroxylation is 2. The molecule has 1 aliphatic rings. The third-order valence-electron chi connectivity index (χ3n) is 4.05. The van der Waals surface area contributed by atoms with Crippen molar-refractivity contribution < 1.29 is 9.53 Å². The molecule has 2 rings (SSSR count). The van der Waals surface area contributed by atoms with E-state index in [0.717, 1.165) is 16.7 Å². The fourth-order valence-electron chi connectivity index (χ4n) is 2.87. The van der Waals surface area contributed by atoms with Crippen LogP contribution >= 0.6 is 0 Å². The summed E-state index contributed by atoms with van der Waals surface area (Å²) in [4.78, 5) is 11.8. The first-order valence-corrected chi connectivity index (χ1v) is 6.68. The summed E-state index contributed by atoms with van der Waals surface area (Å²) in [6.45, 7) is 11.5. The molecule has 19 heavy (non-hydrogen) atoms. The minimum absolute atomic E-state index is 0.101. The Labute approximate surface area is 115 Å². The fraction of sp³-hybridized carbons (Fsp3) is 0.562. The molecule has 0 unspecified atom stereocenters. The van der Waals surface area contributed by atoms with Crippen LogP contribution in [0.15, 0.2) is 12.1 Å².